The summed E-state index contributed by atoms with van der Waals surface area (Å²) >= 11 is 0. The second kappa shape index (κ2) is 14.4. The molecule has 1 aromatic carbocycles. The molecule has 2 aromatic heterocycles. The van der Waals surface area contributed by atoms with Gasteiger partial charge in [0.1, 0.15) is 11.3 Å². The van der Waals surface area contributed by atoms with Crippen molar-refractivity contribution in [2.45, 2.75) is 58.3 Å². The number of allylic oxidation sites excluding steroid dienone is 6. The van der Waals surface area contributed by atoms with Gasteiger partial charge in [-0.25, -0.2) is 13.8 Å². The number of furan rings is 1. The predicted molar refractivity (Wildman–Crippen MR) is 168 cm³/mol. The molecule has 0 amide bonds. The Kier molecular flexibility index (Phi) is 10.7. The second-order valence-corrected chi connectivity index (χ2v) is 11.4. The van der Waals surface area contributed by atoms with Crippen molar-refractivity contribution in [2.24, 2.45) is 0 Å². The maximum Gasteiger partial charge on any atom is 0.307 e. The van der Waals surface area contributed by atoms with Crippen LogP contribution in [0.15, 0.2) is 64.1 Å². The van der Waals surface area contributed by atoms with E-state index in [2.05, 4.69) is 15.0 Å². The molecular formula is C35H36F2N2O7. The number of aromatic nitrogens is 1. The number of carbonyl (C=O) groups excluding carboxylic acids is 4. The number of rotatable bonds is 14. The number of halogens is 2. The fourth-order valence-corrected chi connectivity index (χ4v) is 5.34. The number of nitrogens with zero attached hydrogens (tertiary/aromatic N) is 1. The number of hydrogen-bond acceptors (Lipinski definition) is 9. The third-order valence-electron chi connectivity index (χ3n) is 7.93. The van der Waals surface area contributed by atoms with Crippen LogP contribution >= 0.6 is 0 Å². The number of nitrogens with one attached hydrogen (secondary N) is 1. The molecule has 242 valence electrons. The summed E-state index contributed by atoms with van der Waals surface area (Å²) in [6, 6.07) is 5.83. The molecule has 0 radical (unpaired) electrons. The molecule has 4 rings (SSSR count). The number of fused-ring (bicyclic) bond motifs is 2. The number of esters is 1. The minimum atomic E-state index is -1.31. The maximum atomic E-state index is 14.9. The van der Waals surface area contributed by atoms with Crippen LogP contribution < -0.4 is 10.1 Å². The van der Waals surface area contributed by atoms with Crippen LogP contribution in [-0.2, 0) is 31.0 Å². The van der Waals surface area contributed by atoms with Gasteiger partial charge in [-0.3, -0.25) is 19.2 Å². The molecule has 0 fully saturated rings. The topological polar surface area (TPSA) is 125 Å². The number of benzene rings is 1. The van der Waals surface area contributed by atoms with Crippen molar-refractivity contribution in [2.75, 3.05) is 26.1 Å². The lowest BCUT2D eigenvalue weighted by atomic mass is 9.76. The third kappa shape index (κ3) is 7.47. The van der Waals surface area contributed by atoms with Crippen molar-refractivity contribution in [3.63, 3.8) is 0 Å². The zero-order chi connectivity index (χ0) is 33.6. The second-order valence-electron chi connectivity index (χ2n) is 11.4. The number of anilines is 1. The Morgan fingerprint density at radius 2 is 1.93 bits per heavy atom. The molecule has 3 aromatic rings. The number of carbonyl (C=O) groups is 4. The van der Waals surface area contributed by atoms with Crippen LogP contribution in [0.25, 0.3) is 11.1 Å². The smallest absolute Gasteiger partial charge is 0.307 e. The van der Waals surface area contributed by atoms with Gasteiger partial charge in [-0.2, -0.15) is 0 Å². The van der Waals surface area contributed by atoms with Gasteiger partial charge in [0.25, 0.3) is 0 Å². The van der Waals surface area contributed by atoms with E-state index in [-0.39, 0.29) is 77.8 Å². The van der Waals surface area contributed by atoms with Crippen LogP contribution in [0.4, 0.5) is 14.6 Å². The summed E-state index contributed by atoms with van der Waals surface area (Å²) < 4.78 is 45.4. The highest BCUT2D eigenvalue weighted by Gasteiger charge is 2.38. The lowest BCUT2D eigenvalue weighted by molar-refractivity contribution is -0.140. The Balaban J connectivity index is 1.66. The molecule has 1 N–H and O–H groups in total. The Labute approximate surface area is 265 Å². The zero-order valence-corrected chi connectivity index (χ0v) is 26.4. The van der Waals surface area contributed by atoms with Gasteiger partial charge in [0, 0.05) is 25.1 Å². The highest BCUT2D eigenvalue weighted by atomic mass is 19.1. The summed E-state index contributed by atoms with van der Waals surface area (Å²) in [6.07, 6.45) is 6.65. The molecule has 1 aliphatic carbocycles. The van der Waals surface area contributed by atoms with Crippen LogP contribution in [0, 0.1) is 11.6 Å². The first-order valence-electron chi connectivity index (χ1n) is 14.8. The average molecular weight is 635 g/mol. The molecule has 0 bridgehead atoms. The number of hydrogen-bond donors (Lipinski definition) is 1. The van der Waals surface area contributed by atoms with Gasteiger partial charge in [0.2, 0.25) is 0 Å². The van der Waals surface area contributed by atoms with Crippen molar-refractivity contribution in [1.29, 1.82) is 0 Å². The van der Waals surface area contributed by atoms with E-state index in [1.54, 1.807) is 39.0 Å². The largest absolute Gasteiger partial charge is 0.494 e. The molecule has 2 heterocycles. The van der Waals surface area contributed by atoms with Crippen LogP contribution in [0.1, 0.15) is 68.1 Å². The van der Waals surface area contributed by atoms with Crippen LogP contribution in [-0.4, -0.2) is 49.1 Å². The van der Waals surface area contributed by atoms with Crippen LogP contribution in [0.5, 0.6) is 5.75 Å². The van der Waals surface area contributed by atoms with E-state index >= 15 is 0 Å². The van der Waals surface area contributed by atoms with Crippen molar-refractivity contribution < 1.29 is 41.8 Å². The van der Waals surface area contributed by atoms with Gasteiger partial charge in [0.05, 0.1) is 31.6 Å². The van der Waals surface area contributed by atoms with E-state index in [0.717, 1.165) is 6.07 Å². The summed E-state index contributed by atoms with van der Waals surface area (Å²) in [4.78, 5) is 54.8. The number of methoxy groups -OCH3 is 2. The minimum absolute atomic E-state index is 0.00408. The Bertz CT molecular complexity index is 1790. The standard InChI is InChI=1S/C35H36F2N2O7/c1-6-7-23(40)14-20(2)15-29(42)35(3,12-10-21-16-22-8-9-27(44-4)33(37)32(22)26(41)17-21)30-19-25-28(46-30)18-24(36)34(39-25)38-13-11-31(43)45-5/h6-9,15,17-19H,10-14,16H2,1-5H3,(H,38,39)/b7-6-,20-15+. The lowest BCUT2D eigenvalue weighted by Gasteiger charge is -2.26. The van der Waals surface area contributed by atoms with Crippen LogP contribution in [0.2, 0.25) is 0 Å². The SMILES string of the molecule is C/C=C\C(=O)C/C(C)=C/C(=O)C(C)(CCC1=CC(=O)c2c(ccc(OC)c2F)C1)c1cc2nc(NCCC(=O)OC)c(F)cc2o1. The Hall–Kier alpha value is -4.93. The minimum Gasteiger partial charge on any atom is -0.494 e. The van der Waals surface area contributed by atoms with Crippen LogP contribution in [0.3, 0.4) is 0 Å². The molecule has 11 heteroatoms. The van der Waals surface area contributed by atoms with Gasteiger partial charge in [-0.15, -0.1) is 0 Å². The quantitative estimate of drug-likeness (QED) is 0.155. The van der Waals surface area contributed by atoms with Crippen molar-refractivity contribution in [1.82, 2.24) is 4.98 Å². The van der Waals surface area contributed by atoms with E-state index in [9.17, 15) is 28.0 Å². The van der Waals surface area contributed by atoms with Gasteiger partial charge < -0.3 is 19.2 Å². The number of ketones is 3. The molecular weight excluding hydrogens is 598 g/mol. The molecule has 0 saturated carbocycles. The number of ether oxygens (including phenoxy) is 2. The molecule has 9 nitrogen and oxygen atoms in total. The highest BCUT2D eigenvalue weighted by Crippen LogP contribution is 2.38. The van der Waals surface area contributed by atoms with E-state index in [4.69, 9.17) is 9.15 Å². The maximum absolute atomic E-state index is 14.9. The number of pyridine rings is 1. The van der Waals surface area contributed by atoms with Gasteiger partial charge in [-0.05, 0) is 69.9 Å². The Morgan fingerprint density at radius 1 is 1.17 bits per heavy atom. The molecule has 1 aliphatic rings. The van der Waals surface area contributed by atoms with Crippen molar-refractivity contribution >= 4 is 40.2 Å². The first-order chi connectivity index (χ1) is 21.9. The van der Waals surface area contributed by atoms with Gasteiger partial charge in [-0.1, -0.05) is 23.3 Å². The third-order valence-corrected chi connectivity index (χ3v) is 7.93. The molecule has 0 aliphatic heterocycles. The zero-order valence-electron chi connectivity index (χ0n) is 26.4. The fourth-order valence-electron chi connectivity index (χ4n) is 5.34. The predicted octanol–water partition coefficient (Wildman–Crippen LogP) is 6.54. The first kappa shape index (κ1) is 34.0. The normalized spacial score (nSPS) is 14.5. The van der Waals surface area contributed by atoms with E-state index < -0.39 is 28.8 Å². The van der Waals surface area contributed by atoms with E-state index in [0.29, 0.717) is 23.1 Å². The molecule has 1 atom stereocenters. The van der Waals surface area contributed by atoms with Gasteiger partial charge in [0.15, 0.2) is 46.1 Å². The molecule has 0 saturated heterocycles. The average Bonchev–Trinajstić information content (AvgIpc) is 3.43. The summed E-state index contributed by atoms with van der Waals surface area (Å²) in [5, 5.41) is 2.77. The monoisotopic (exact) mass is 634 g/mol. The highest BCUT2D eigenvalue weighted by molar-refractivity contribution is 6.08. The van der Waals surface area contributed by atoms with Gasteiger partial charge >= 0.3 is 5.97 Å². The van der Waals surface area contributed by atoms with Crippen molar-refractivity contribution in [3.8, 4) is 5.75 Å². The summed E-state index contributed by atoms with van der Waals surface area (Å²) in [7, 11) is 2.59. The summed E-state index contributed by atoms with van der Waals surface area (Å²) in [5.41, 5.74) is 0.806. The Morgan fingerprint density at radius 3 is 2.63 bits per heavy atom. The van der Waals surface area contributed by atoms with E-state index in [1.807, 2.05) is 0 Å². The summed E-state index contributed by atoms with van der Waals surface area (Å²) in [6.45, 7) is 5.18. The molecule has 1 unspecified atom stereocenters. The van der Waals surface area contributed by atoms with E-state index in [1.165, 1.54) is 38.5 Å². The summed E-state index contributed by atoms with van der Waals surface area (Å²) in [5.74, 6) is -2.79. The fraction of sp³-hybridized carbons (Fsp3) is 0.343. The lowest BCUT2D eigenvalue weighted by Crippen LogP contribution is -2.31. The van der Waals surface area contributed by atoms with Crippen molar-refractivity contribution in [3.05, 3.63) is 88.2 Å². The first-order valence-corrected chi connectivity index (χ1v) is 14.8. The molecule has 0 spiro atoms. The molecule has 46 heavy (non-hydrogen) atoms.